The zero-order valence-electron chi connectivity index (χ0n) is 13.3. The largest absolute Gasteiger partial charge is 0.370 e. The van der Waals surface area contributed by atoms with Crippen LogP contribution < -0.4 is 5.32 Å². The molecule has 3 aromatic rings. The van der Waals surface area contributed by atoms with Crippen LogP contribution in [-0.2, 0) is 6.42 Å². The van der Waals surface area contributed by atoms with Gasteiger partial charge in [-0.2, -0.15) is 5.10 Å². The van der Waals surface area contributed by atoms with Crippen molar-refractivity contribution >= 4 is 5.82 Å². The fraction of sp³-hybridized carbons (Fsp3) is 0.263. The lowest BCUT2D eigenvalue weighted by atomic mass is 10.0. The fourth-order valence-electron chi connectivity index (χ4n) is 3.19. The van der Waals surface area contributed by atoms with E-state index in [0.717, 1.165) is 35.7 Å². The first-order valence-electron chi connectivity index (χ1n) is 8.16. The third kappa shape index (κ3) is 2.61. The minimum absolute atomic E-state index is 1.00. The predicted octanol–water partition coefficient (Wildman–Crippen LogP) is 3.99. The lowest BCUT2D eigenvalue weighted by Gasteiger charge is -2.09. The molecule has 0 fully saturated rings. The van der Waals surface area contributed by atoms with Crippen LogP contribution in [0.15, 0.2) is 48.8 Å². The van der Waals surface area contributed by atoms with Gasteiger partial charge >= 0.3 is 0 Å². The van der Waals surface area contributed by atoms with E-state index in [1.165, 1.54) is 24.0 Å². The van der Waals surface area contributed by atoms with E-state index >= 15 is 0 Å². The Morgan fingerprint density at radius 2 is 1.96 bits per heavy atom. The Balaban J connectivity index is 1.92. The molecule has 0 atom stereocenters. The van der Waals surface area contributed by atoms with Gasteiger partial charge in [0.25, 0.3) is 0 Å². The molecule has 0 radical (unpaired) electrons. The summed E-state index contributed by atoms with van der Waals surface area (Å²) in [6, 6.07) is 12.6. The molecular formula is C19H20N4. The maximum atomic E-state index is 4.94. The van der Waals surface area contributed by atoms with E-state index in [1.54, 1.807) is 0 Å². The van der Waals surface area contributed by atoms with Gasteiger partial charge in [-0.1, -0.05) is 12.1 Å². The van der Waals surface area contributed by atoms with Crippen LogP contribution in [0.3, 0.4) is 0 Å². The van der Waals surface area contributed by atoms with Crippen molar-refractivity contribution in [1.29, 1.82) is 0 Å². The second kappa shape index (κ2) is 5.88. The van der Waals surface area contributed by atoms with Gasteiger partial charge in [0.2, 0.25) is 0 Å². The molecule has 0 unspecified atom stereocenters. The molecule has 0 saturated carbocycles. The van der Waals surface area contributed by atoms with E-state index in [-0.39, 0.29) is 0 Å². The Morgan fingerprint density at radius 1 is 1.09 bits per heavy atom. The second-order valence-electron chi connectivity index (χ2n) is 6.05. The molecule has 1 aliphatic rings. The molecule has 3 heterocycles. The van der Waals surface area contributed by atoms with Gasteiger partial charge in [0.15, 0.2) is 0 Å². The van der Waals surface area contributed by atoms with Crippen LogP contribution in [0, 0.1) is 6.92 Å². The predicted molar refractivity (Wildman–Crippen MR) is 93.0 cm³/mol. The number of nitrogens with one attached hydrogen (secondary N) is 1. The van der Waals surface area contributed by atoms with Gasteiger partial charge in [0.05, 0.1) is 11.4 Å². The van der Waals surface area contributed by atoms with Crippen LogP contribution >= 0.6 is 0 Å². The number of fused-ring (bicyclic) bond motifs is 1. The zero-order chi connectivity index (χ0) is 15.6. The van der Waals surface area contributed by atoms with Crippen molar-refractivity contribution in [1.82, 2.24) is 14.8 Å². The van der Waals surface area contributed by atoms with E-state index in [4.69, 9.17) is 5.10 Å². The number of hydrogen-bond donors (Lipinski definition) is 1. The fourth-order valence-corrected chi connectivity index (χ4v) is 3.19. The Morgan fingerprint density at radius 3 is 2.78 bits per heavy atom. The molecule has 1 N–H and O–H groups in total. The van der Waals surface area contributed by atoms with E-state index in [1.807, 2.05) is 24.5 Å². The lowest BCUT2D eigenvalue weighted by molar-refractivity contribution is 0.780. The molecule has 2 aromatic heterocycles. The lowest BCUT2D eigenvalue weighted by Crippen LogP contribution is -2.07. The summed E-state index contributed by atoms with van der Waals surface area (Å²) in [5.41, 5.74) is 5.86. The SMILES string of the molecule is Cc1cccc(-n2nc(-c3ccncc3)c3c2NCCCC3)c1. The molecule has 1 aromatic carbocycles. The number of aryl methyl sites for hydroxylation is 1. The Bertz CT molecular complexity index is 821. The highest BCUT2D eigenvalue weighted by Crippen LogP contribution is 2.33. The first-order chi connectivity index (χ1) is 11.3. The maximum Gasteiger partial charge on any atom is 0.133 e. The number of aromatic nitrogens is 3. The summed E-state index contributed by atoms with van der Waals surface area (Å²) in [6.07, 6.45) is 7.11. The normalized spacial score (nSPS) is 14.0. The number of nitrogens with zero attached hydrogens (tertiary/aromatic N) is 3. The van der Waals surface area contributed by atoms with Gasteiger partial charge < -0.3 is 5.32 Å². The summed E-state index contributed by atoms with van der Waals surface area (Å²) in [6.45, 7) is 3.11. The quantitative estimate of drug-likeness (QED) is 0.778. The van der Waals surface area contributed by atoms with Gasteiger partial charge in [-0.15, -0.1) is 0 Å². The molecule has 0 aliphatic carbocycles. The molecule has 0 saturated heterocycles. The van der Waals surface area contributed by atoms with Gasteiger partial charge in [-0.05, 0) is 56.0 Å². The third-order valence-corrected chi connectivity index (χ3v) is 4.33. The summed E-state index contributed by atoms with van der Waals surface area (Å²) in [5, 5.41) is 8.53. The van der Waals surface area contributed by atoms with Crippen molar-refractivity contribution in [2.24, 2.45) is 0 Å². The van der Waals surface area contributed by atoms with Crippen LogP contribution in [0.2, 0.25) is 0 Å². The van der Waals surface area contributed by atoms with Gasteiger partial charge in [-0.3, -0.25) is 4.98 Å². The smallest absolute Gasteiger partial charge is 0.133 e. The molecule has 0 spiro atoms. The molecule has 0 amide bonds. The summed E-state index contributed by atoms with van der Waals surface area (Å²) in [4.78, 5) is 4.13. The molecule has 23 heavy (non-hydrogen) atoms. The van der Waals surface area contributed by atoms with Crippen molar-refractivity contribution in [2.45, 2.75) is 26.2 Å². The summed E-state index contributed by atoms with van der Waals surface area (Å²) in [7, 11) is 0. The molecule has 1 aliphatic heterocycles. The molecule has 4 heteroatoms. The summed E-state index contributed by atoms with van der Waals surface area (Å²) in [5.74, 6) is 1.14. The number of rotatable bonds is 2. The number of anilines is 1. The standard InChI is InChI=1S/C19H20N4/c1-14-5-4-6-16(13-14)23-19-17(7-2-3-10-21-19)18(22-23)15-8-11-20-12-9-15/h4-6,8-9,11-13,21H,2-3,7,10H2,1H3. The van der Waals surface area contributed by atoms with Crippen molar-refractivity contribution in [3.05, 3.63) is 59.9 Å². The third-order valence-electron chi connectivity index (χ3n) is 4.33. The van der Waals surface area contributed by atoms with E-state index < -0.39 is 0 Å². The van der Waals surface area contributed by atoms with Crippen LogP contribution in [0.4, 0.5) is 5.82 Å². The summed E-state index contributed by atoms with van der Waals surface area (Å²) < 4.78 is 2.06. The topological polar surface area (TPSA) is 42.7 Å². The number of pyridine rings is 1. The number of hydrogen-bond acceptors (Lipinski definition) is 3. The number of benzene rings is 1. The first-order valence-corrected chi connectivity index (χ1v) is 8.16. The highest BCUT2D eigenvalue weighted by molar-refractivity contribution is 5.71. The van der Waals surface area contributed by atoms with Gasteiger partial charge in [0, 0.05) is 30.1 Å². The van der Waals surface area contributed by atoms with Gasteiger partial charge in [-0.25, -0.2) is 4.68 Å². The van der Waals surface area contributed by atoms with Crippen LogP contribution in [0.5, 0.6) is 0 Å². The average Bonchev–Trinajstić information content (AvgIpc) is 2.77. The van der Waals surface area contributed by atoms with E-state index in [2.05, 4.69) is 46.2 Å². The first kappa shape index (κ1) is 14.0. The Kier molecular flexibility index (Phi) is 3.58. The van der Waals surface area contributed by atoms with Crippen molar-refractivity contribution in [3.8, 4) is 16.9 Å². The van der Waals surface area contributed by atoms with Crippen LogP contribution in [-0.4, -0.2) is 21.3 Å². The maximum absolute atomic E-state index is 4.94. The molecule has 0 bridgehead atoms. The average molecular weight is 304 g/mol. The minimum atomic E-state index is 1.00. The van der Waals surface area contributed by atoms with Crippen molar-refractivity contribution in [3.63, 3.8) is 0 Å². The zero-order valence-corrected chi connectivity index (χ0v) is 13.3. The van der Waals surface area contributed by atoms with Crippen molar-refractivity contribution in [2.75, 3.05) is 11.9 Å². The van der Waals surface area contributed by atoms with Crippen LogP contribution in [0.1, 0.15) is 24.0 Å². The highest BCUT2D eigenvalue weighted by atomic mass is 15.3. The van der Waals surface area contributed by atoms with E-state index in [0.29, 0.717) is 0 Å². The molecule has 4 nitrogen and oxygen atoms in total. The molecule has 116 valence electrons. The van der Waals surface area contributed by atoms with Gasteiger partial charge in [0.1, 0.15) is 5.82 Å². The van der Waals surface area contributed by atoms with Crippen LogP contribution in [0.25, 0.3) is 16.9 Å². The summed E-state index contributed by atoms with van der Waals surface area (Å²) >= 11 is 0. The monoisotopic (exact) mass is 304 g/mol. The highest BCUT2D eigenvalue weighted by Gasteiger charge is 2.21. The minimum Gasteiger partial charge on any atom is -0.370 e. The second-order valence-corrected chi connectivity index (χ2v) is 6.05. The Labute approximate surface area is 136 Å². The molecule has 4 rings (SSSR count). The van der Waals surface area contributed by atoms with Crippen molar-refractivity contribution < 1.29 is 0 Å². The molecular weight excluding hydrogens is 284 g/mol. The van der Waals surface area contributed by atoms with E-state index in [9.17, 15) is 0 Å². The Hall–Kier alpha value is -2.62.